The fraction of sp³-hybridized carbons (Fsp3) is 0.250. The Morgan fingerprint density at radius 2 is 2.08 bits per heavy atom. The van der Waals surface area contributed by atoms with Crippen LogP contribution in [0, 0.1) is 6.92 Å². The van der Waals surface area contributed by atoms with Crippen LogP contribution in [-0.4, -0.2) is 21.2 Å². The quantitative estimate of drug-likeness (QED) is 0.764. The highest BCUT2D eigenvalue weighted by Gasteiger charge is 2.38. The van der Waals surface area contributed by atoms with Gasteiger partial charge in [0.1, 0.15) is 5.65 Å². The zero-order valence-electron chi connectivity index (χ0n) is 15.0. The predicted octanol–water partition coefficient (Wildman–Crippen LogP) is 2.80. The van der Waals surface area contributed by atoms with Crippen molar-refractivity contribution in [1.82, 2.24) is 14.7 Å². The van der Waals surface area contributed by atoms with Gasteiger partial charge in [-0.05, 0) is 56.7 Å². The van der Waals surface area contributed by atoms with Gasteiger partial charge >= 0.3 is 0 Å². The van der Waals surface area contributed by atoms with E-state index in [4.69, 9.17) is 0 Å². The van der Waals surface area contributed by atoms with Gasteiger partial charge in [-0.3, -0.25) is 9.59 Å². The fourth-order valence-corrected chi connectivity index (χ4v) is 3.36. The highest BCUT2D eigenvalue weighted by atomic mass is 16.2. The topological polar surface area (TPSA) is 75.5 Å². The maximum absolute atomic E-state index is 12.6. The number of pyridine rings is 1. The molecule has 26 heavy (non-hydrogen) atoms. The number of amides is 2. The third kappa shape index (κ3) is 2.45. The first-order valence-corrected chi connectivity index (χ1v) is 8.54. The van der Waals surface area contributed by atoms with Gasteiger partial charge in [-0.2, -0.15) is 0 Å². The summed E-state index contributed by atoms with van der Waals surface area (Å²) in [7, 11) is 0. The van der Waals surface area contributed by atoms with E-state index in [1.807, 2.05) is 49.6 Å². The number of benzene rings is 1. The summed E-state index contributed by atoms with van der Waals surface area (Å²) in [5, 5.41) is 5.81. The Hall–Kier alpha value is -3.15. The Balaban J connectivity index is 1.57. The highest BCUT2D eigenvalue weighted by molar-refractivity contribution is 6.07. The molecular formula is C20H20N4O2. The van der Waals surface area contributed by atoms with Crippen molar-refractivity contribution < 1.29 is 9.59 Å². The number of nitrogens with one attached hydrogen (secondary N) is 2. The minimum absolute atomic E-state index is 0.0496. The van der Waals surface area contributed by atoms with Gasteiger partial charge in [0.2, 0.25) is 5.91 Å². The van der Waals surface area contributed by atoms with Crippen LogP contribution in [0.3, 0.4) is 0 Å². The molecule has 1 aromatic carbocycles. The number of imidazole rings is 1. The Labute approximate surface area is 151 Å². The second-order valence-corrected chi connectivity index (χ2v) is 7.09. The number of rotatable bonds is 3. The zero-order chi connectivity index (χ0) is 18.5. The Morgan fingerprint density at radius 3 is 2.88 bits per heavy atom. The molecule has 0 spiro atoms. The second-order valence-electron chi connectivity index (χ2n) is 7.09. The maximum Gasteiger partial charge on any atom is 0.251 e. The van der Waals surface area contributed by atoms with Crippen LogP contribution in [0.1, 0.15) is 41.2 Å². The number of aryl methyl sites for hydroxylation is 1. The molecule has 2 amide bonds. The Kier molecular flexibility index (Phi) is 3.57. The monoisotopic (exact) mass is 348 g/mol. The molecule has 6 heteroatoms. The van der Waals surface area contributed by atoms with Gasteiger partial charge in [-0.1, -0.05) is 6.07 Å². The lowest BCUT2D eigenvalue weighted by Gasteiger charge is -2.15. The molecule has 0 atom stereocenters. The average Bonchev–Trinajstić information content (AvgIpc) is 3.05. The van der Waals surface area contributed by atoms with E-state index < -0.39 is 5.41 Å². The smallest absolute Gasteiger partial charge is 0.251 e. The van der Waals surface area contributed by atoms with Crippen molar-refractivity contribution >= 4 is 23.1 Å². The number of hydrogen-bond donors (Lipinski definition) is 2. The van der Waals surface area contributed by atoms with Gasteiger partial charge in [0.25, 0.3) is 5.91 Å². The normalized spacial score (nSPS) is 15.0. The number of carbonyl (C=O) groups is 2. The number of fused-ring (bicyclic) bond motifs is 2. The van der Waals surface area contributed by atoms with Crippen LogP contribution in [0.2, 0.25) is 0 Å². The molecule has 6 nitrogen and oxygen atoms in total. The summed E-state index contributed by atoms with van der Waals surface area (Å²) in [6, 6.07) is 11.1. The van der Waals surface area contributed by atoms with E-state index in [2.05, 4.69) is 15.6 Å². The molecule has 0 fully saturated rings. The number of anilines is 1. The molecule has 0 aliphatic carbocycles. The molecule has 2 aromatic heterocycles. The fourth-order valence-electron chi connectivity index (χ4n) is 3.36. The lowest BCUT2D eigenvalue weighted by molar-refractivity contribution is -0.119. The summed E-state index contributed by atoms with van der Waals surface area (Å²) in [4.78, 5) is 29.2. The third-order valence-corrected chi connectivity index (χ3v) is 5.02. The van der Waals surface area contributed by atoms with E-state index in [1.165, 1.54) is 0 Å². The number of hydrogen-bond acceptors (Lipinski definition) is 3. The van der Waals surface area contributed by atoms with Gasteiger partial charge in [-0.25, -0.2) is 4.98 Å². The van der Waals surface area contributed by atoms with Gasteiger partial charge < -0.3 is 15.0 Å². The Bertz CT molecular complexity index is 1050. The summed E-state index contributed by atoms with van der Waals surface area (Å²) in [5.74, 6) is -0.223. The molecule has 2 N–H and O–H groups in total. The van der Waals surface area contributed by atoms with Crippen LogP contribution < -0.4 is 10.6 Å². The molecule has 3 heterocycles. The van der Waals surface area contributed by atoms with Gasteiger partial charge in [0.15, 0.2) is 0 Å². The number of aromatic nitrogens is 2. The van der Waals surface area contributed by atoms with Crippen molar-refractivity contribution in [3.8, 4) is 0 Å². The molecule has 3 aromatic rings. The summed E-state index contributed by atoms with van der Waals surface area (Å²) in [6.45, 7) is 6.03. The van der Waals surface area contributed by atoms with Crippen molar-refractivity contribution in [2.45, 2.75) is 32.7 Å². The number of carbonyl (C=O) groups excluding carboxylic acids is 2. The largest absolute Gasteiger partial charge is 0.346 e. The van der Waals surface area contributed by atoms with Crippen LogP contribution in [-0.2, 0) is 16.8 Å². The molecule has 132 valence electrons. The molecule has 0 saturated heterocycles. The van der Waals surface area contributed by atoms with Crippen LogP contribution in [0.15, 0.2) is 42.6 Å². The molecule has 4 rings (SSSR count). The van der Waals surface area contributed by atoms with E-state index in [9.17, 15) is 9.59 Å². The minimum Gasteiger partial charge on any atom is -0.346 e. The summed E-state index contributed by atoms with van der Waals surface area (Å²) in [5.41, 5.74) is 4.23. The maximum atomic E-state index is 12.6. The number of nitrogens with zero attached hydrogens (tertiary/aromatic N) is 2. The first-order valence-electron chi connectivity index (χ1n) is 8.54. The molecule has 1 aliphatic heterocycles. The van der Waals surface area contributed by atoms with Crippen LogP contribution in [0.5, 0.6) is 0 Å². The lowest BCUT2D eigenvalue weighted by Crippen LogP contribution is -2.27. The Morgan fingerprint density at radius 1 is 1.27 bits per heavy atom. The highest BCUT2D eigenvalue weighted by Crippen LogP contribution is 2.37. The first kappa shape index (κ1) is 16.3. The van der Waals surface area contributed by atoms with Gasteiger partial charge in [0, 0.05) is 17.4 Å². The van der Waals surface area contributed by atoms with Crippen LogP contribution in [0.4, 0.5) is 5.69 Å². The van der Waals surface area contributed by atoms with E-state index in [0.717, 1.165) is 28.3 Å². The minimum atomic E-state index is -0.635. The lowest BCUT2D eigenvalue weighted by atomic mass is 9.85. The standard InChI is InChI=1S/C20H20N4O2/c1-12-16(24-9-5-4-6-17(24)22-12)11-21-18(25)13-7-8-15-14(10-13)20(2,3)19(26)23-15/h4-10H,11H2,1-3H3,(H,21,25)(H,23,26). The molecule has 0 saturated carbocycles. The SMILES string of the molecule is Cc1nc2ccccn2c1CNC(=O)c1ccc2c(c1)C(C)(C)C(=O)N2. The molecule has 0 bridgehead atoms. The van der Waals surface area contributed by atoms with E-state index in [-0.39, 0.29) is 11.8 Å². The molecule has 0 radical (unpaired) electrons. The van der Waals surface area contributed by atoms with E-state index in [0.29, 0.717) is 12.1 Å². The van der Waals surface area contributed by atoms with E-state index in [1.54, 1.807) is 18.2 Å². The summed E-state index contributed by atoms with van der Waals surface area (Å²) in [6.07, 6.45) is 1.94. The van der Waals surface area contributed by atoms with Crippen molar-refractivity contribution in [3.05, 3.63) is 65.1 Å². The molecular weight excluding hydrogens is 328 g/mol. The third-order valence-electron chi connectivity index (χ3n) is 5.02. The summed E-state index contributed by atoms with van der Waals surface area (Å²) >= 11 is 0. The van der Waals surface area contributed by atoms with E-state index >= 15 is 0 Å². The van der Waals surface area contributed by atoms with Crippen LogP contribution in [0.25, 0.3) is 5.65 Å². The average molecular weight is 348 g/mol. The predicted molar refractivity (Wildman–Crippen MR) is 99.2 cm³/mol. The zero-order valence-corrected chi connectivity index (χ0v) is 15.0. The van der Waals surface area contributed by atoms with Crippen molar-refractivity contribution in [1.29, 1.82) is 0 Å². The summed E-state index contributed by atoms with van der Waals surface area (Å²) < 4.78 is 1.98. The van der Waals surface area contributed by atoms with Crippen molar-refractivity contribution in [2.24, 2.45) is 0 Å². The van der Waals surface area contributed by atoms with Crippen LogP contribution >= 0.6 is 0 Å². The van der Waals surface area contributed by atoms with Gasteiger partial charge in [0.05, 0.1) is 23.3 Å². The van der Waals surface area contributed by atoms with Gasteiger partial charge in [-0.15, -0.1) is 0 Å². The van der Waals surface area contributed by atoms with Crippen molar-refractivity contribution in [3.63, 3.8) is 0 Å². The molecule has 0 unspecified atom stereocenters. The first-order chi connectivity index (χ1) is 12.4. The van der Waals surface area contributed by atoms with Crippen molar-refractivity contribution in [2.75, 3.05) is 5.32 Å². The molecule has 1 aliphatic rings. The second kappa shape index (κ2) is 5.69.